The van der Waals surface area contributed by atoms with Gasteiger partial charge in [-0.25, -0.2) is 4.98 Å². The number of rotatable bonds is 10. The van der Waals surface area contributed by atoms with Gasteiger partial charge in [-0.2, -0.15) is 0 Å². The molecule has 1 amide bonds. The Morgan fingerprint density at radius 3 is 2.55 bits per heavy atom. The van der Waals surface area contributed by atoms with Crippen LogP contribution in [0.25, 0.3) is 33.5 Å². The Morgan fingerprint density at radius 1 is 1.03 bits per heavy atom. The second-order valence-electron chi connectivity index (χ2n) is 8.44. The lowest BCUT2D eigenvalue weighted by molar-refractivity contribution is -0.113. The first-order chi connectivity index (χ1) is 18.7. The highest BCUT2D eigenvalue weighted by molar-refractivity contribution is 7.99. The van der Waals surface area contributed by atoms with Gasteiger partial charge in [-0.3, -0.25) is 9.36 Å². The van der Waals surface area contributed by atoms with E-state index < -0.39 is 0 Å². The van der Waals surface area contributed by atoms with Crippen molar-refractivity contribution in [1.82, 2.24) is 19.7 Å². The zero-order valence-corrected chi connectivity index (χ0v) is 21.8. The molecule has 2 aromatic heterocycles. The van der Waals surface area contributed by atoms with Crippen LogP contribution >= 0.6 is 11.8 Å². The minimum absolute atomic E-state index is 0.130. The van der Waals surface area contributed by atoms with Crippen LogP contribution in [0.2, 0.25) is 0 Å². The van der Waals surface area contributed by atoms with Crippen molar-refractivity contribution in [2.24, 2.45) is 0 Å². The predicted molar refractivity (Wildman–Crippen MR) is 153 cm³/mol. The van der Waals surface area contributed by atoms with Gasteiger partial charge < -0.3 is 10.1 Å². The number of carbonyl (C=O) groups excluding carboxylic acids is 1. The molecule has 0 saturated carbocycles. The number of fused-ring (bicyclic) bond motifs is 1. The van der Waals surface area contributed by atoms with E-state index in [4.69, 9.17) is 9.72 Å². The summed E-state index contributed by atoms with van der Waals surface area (Å²) in [7, 11) is 0. The maximum atomic E-state index is 12.7. The number of thioether (sulfide) groups is 1. The number of hydrogen-bond donors (Lipinski definition) is 1. The molecule has 190 valence electrons. The Morgan fingerprint density at radius 2 is 1.79 bits per heavy atom. The van der Waals surface area contributed by atoms with E-state index in [-0.39, 0.29) is 11.7 Å². The van der Waals surface area contributed by atoms with Crippen molar-refractivity contribution in [3.63, 3.8) is 0 Å². The van der Waals surface area contributed by atoms with Gasteiger partial charge >= 0.3 is 0 Å². The molecule has 38 heavy (non-hydrogen) atoms. The molecule has 0 radical (unpaired) electrons. The van der Waals surface area contributed by atoms with Crippen molar-refractivity contribution in [3.8, 4) is 28.4 Å². The number of carbonyl (C=O) groups is 1. The van der Waals surface area contributed by atoms with Gasteiger partial charge in [-0.1, -0.05) is 66.4 Å². The van der Waals surface area contributed by atoms with E-state index in [0.717, 1.165) is 33.5 Å². The van der Waals surface area contributed by atoms with Crippen LogP contribution in [0.1, 0.15) is 6.92 Å². The molecule has 8 heteroatoms. The van der Waals surface area contributed by atoms with Gasteiger partial charge in [-0.15, -0.1) is 16.8 Å². The molecule has 3 aromatic carbocycles. The summed E-state index contributed by atoms with van der Waals surface area (Å²) in [5.41, 5.74) is 4.39. The molecule has 0 aliphatic carbocycles. The molecule has 0 unspecified atom stereocenters. The fraction of sp³-hybridized carbons (Fsp3) is 0.133. The van der Waals surface area contributed by atoms with Gasteiger partial charge in [-0.05, 0) is 43.3 Å². The number of pyridine rings is 1. The molecular weight excluding hydrogens is 494 g/mol. The Balaban J connectivity index is 1.42. The summed E-state index contributed by atoms with van der Waals surface area (Å²) < 4.78 is 7.44. The van der Waals surface area contributed by atoms with E-state index in [1.807, 2.05) is 96.4 Å². The monoisotopic (exact) mass is 521 g/mol. The van der Waals surface area contributed by atoms with Crippen LogP contribution in [-0.2, 0) is 11.3 Å². The van der Waals surface area contributed by atoms with E-state index in [1.165, 1.54) is 11.8 Å². The normalized spacial score (nSPS) is 10.9. The topological polar surface area (TPSA) is 81.9 Å². The summed E-state index contributed by atoms with van der Waals surface area (Å²) in [6.07, 6.45) is 1.80. The van der Waals surface area contributed by atoms with Gasteiger partial charge in [0.15, 0.2) is 11.0 Å². The summed E-state index contributed by atoms with van der Waals surface area (Å²) in [5, 5.41) is 13.5. The highest BCUT2D eigenvalue weighted by Gasteiger charge is 2.18. The zero-order chi connectivity index (χ0) is 26.3. The number of ether oxygens (including phenoxy) is 1. The van der Waals surface area contributed by atoms with Gasteiger partial charge in [0, 0.05) is 28.7 Å². The summed E-state index contributed by atoms with van der Waals surface area (Å²) in [6, 6.07) is 27.4. The number of anilines is 1. The van der Waals surface area contributed by atoms with Crippen molar-refractivity contribution in [3.05, 3.63) is 97.6 Å². The molecule has 0 fully saturated rings. The average molecular weight is 522 g/mol. The smallest absolute Gasteiger partial charge is 0.234 e. The fourth-order valence-electron chi connectivity index (χ4n) is 4.13. The molecule has 2 heterocycles. The lowest BCUT2D eigenvalue weighted by atomic mass is 10.0. The van der Waals surface area contributed by atoms with E-state index in [0.29, 0.717) is 29.8 Å². The first-order valence-electron chi connectivity index (χ1n) is 12.3. The third-order valence-electron chi connectivity index (χ3n) is 5.84. The highest BCUT2D eigenvalue weighted by atomic mass is 32.2. The summed E-state index contributed by atoms with van der Waals surface area (Å²) in [4.78, 5) is 17.6. The maximum Gasteiger partial charge on any atom is 0.234 e. The third-order valence-corrected chi connectivity index (χ3v) is 6.80. The van der Waals surface area contributed by atoms with Crippen molar-refractivity contribution in [1.29, 1.82) is 0 Å². The molecule has 0 atom stereocenters. The lowest BCUT2D eigenvalue weighted by Crippen LogP contribution is -2.14. The quantitative estimate of drug-likeness (QED) is 0.167. The van der Waals surface area contributed by atoms with E-state index in [2.05, 4.69) is 22.1 Å². The second-order valence-corrected chi connectivity index (χ2v) is 9.38. The molecule has 0 saturated heterocycles. The number of allylic oxidation sites excluding steroid dienone is 1. The second kappa shape index (κ2) is 11.7. The van der Waals surface area contributed by atoms with Gasteiger partial charge in [0.2, 0.25) is 5.91 Å². The minimum Gasteiger partial charge on any atom is -0.494 e. The Labute approximate surface area is 225 Å². The number of para-hydroxylation sites is 1. The molecule has 5 rings (SSSR count). The summed E-state index contributed by atoms with van der Waals surface area (Å²) in [6.45, 7) is 6.95. The van der Waals surface area contributed by atoms with Crippen LogP contribution in [0.3, 0.4) is 0 Å². The van der Waals surface area contributed by atoms with E-state index >= 15 is 0 Å². The number of benzene rings is 3. The van der Waals surface area contributed by atoms with Crippen molar-refractivity contribution in [2.45, 2.75) is 18.6 Å². The van der Waals surface area contributed by atoms with Crippen molar-refractivity contribution >= 4 is 34.3 Å². The van der Waals surface area contributed by atoms with Gasteiger partial charge in [0.1, 0.15) is 5.75 Å². The molecule has 0 aliphatic heterocycles. The number of nitrogens with zero attached hydrogens (tertiary/aromatic N) is 4. The first-order valence-corrected chi connectivity index (χ1v) is 13.3. The number of aromatic nitrogens is 4. The largest absolute Gasteiger partial charge is 0.494 e. The Kier molecular flexibility index (Phi) is 7.80. The standard InChI is InChI=1S/C30H27N5O2S/c1-3-18-35-29(25-19-27(21-10-6-5-7-11-21)32-26-13-9-8-12-24(25)26)33-34-30(35)38-20-28(36)31-22-14-16-23(17-15-22)37-4-2/h3,5-17,19H,1,4,18,20H2,2H3,(H,31,36). The number of hydrogen-bond acceptors (Lipinski definition) is 6. The third kappa shape index (κ3) is 5.60. The molecule has 0 spiro atoms. The van der Waals surface area contributed by atoms with E-state index in [9.17, 15) is 4.79 Å². The van der Waals surface area contributed by atoms with E-state index in [1.54, 1.807) is 6.08 Å². The Bertz CT molecular complexity index is 1570. The maximum absolute atomic E-state index is 12.7. The van der Waals surface area contributed by atoms with Crippen LogP contribution in [0.5, 0.6) is 5.75 Å². The zero-order valence-electron chi connectivity index (χ0n) is 21.0. The molecular formula is C30H27N5O2S. The first kappa shape index (κ1) is 25.2. The van der Waals surface area contributed by atoms with Crippen LogP contribution in [0.4, 0.5) is 5.69 Å². The molecule has 1 N–H and O–H groups in total. The molecule has 0 bridgehead atoms. The Hall–Kier alpha value is -4.43. The SMILES string of the molecule is C=CCn1c(SCC(=O)Nc2ccc(OCC)cc2)nnc1-c1cc(-c2ccccc2)nc2ccccc12. The molecule has 5 aromatic rings. The number of amides is 1. The van der Waals surface area contributed by atoms with Crippen molar-refractivity contribution < 1.29 is 9.53 Å². The fourth-order valence-corrected chi connectivity index (χ4v) is 4.88. The minimum atomic E-state index is -0.130. The van der Waals surface area contributed by atoms with Crippen molar-refractivity contribution in [2.75, 3.05) is 17.7 Å². The predicted octanol–water partition coefficient (Wildman–Crippen LogP) is 6.48. The average Bonchev–Trinajstić information content (AvgIpc) is 3.35. The number of nitrogens with one attached hydrogen (secondary N) is 1. The highest BCUT2D eigenvalue weighted by Crippen LogP contribution is 2.33. The van der Waals surface area contributed by atoms with Gasteiger partial charge in [0.05, 0.1) is 23.6 Å². The molecule has 0 aliphatic rings. The lowest BCUT2D eigenvalue weighted by Gasteiger charge is -2.12. The summed E-state index contributed by atoms with van der Waals surface area (Å²) in [5.74, 6) is 1.53. The van der Waals surface area contributed by atoms with Crippen LogP contribution in [0.15, 0.2) is 103 Å². The van der Waals surface area contributed by atoms with Crippen LogP contribution in [-0.4, -0.2) is 38.0 Å². The van der Waals surface area contributed by atoms with Crippen LogP contribution in [0, 0.1) is 0 Å². The molecule has 7 nitrogen and oxygen atoms in total. The summed E-state index contributed by atoms with van der Waals surface area (Å²) >= 11 is 1.34. The van der Waals surface area contributed by atoms with Crippen LogP contribution < -0.4 is 10.1 Å². The van der Waals surface area contributed by atoms with Gasteiger partial charge in [0.25, 0.3) is 0 Å².